The number of morpholine rings is 1. The zero-order valence-corrected chi connectivity index (χ0v) is 15.8. The van der Waals surface area contributed by atoms with Gasteiger partial charge in [-0.25, -0.2) is 4.98 Å². The Labute approximate surface area is 158 Å². The summed E-state index contributed by atoms with van der Waals surface area (Å²) in [4.78, 5) is 33.7. The first-order valence-corrected chi connectivity index (χ1v) is 9.48. The maximum atomic E-state index is 13.0. The van der Waals surface area contributed by atoms with E-state index >= 15 is 0 Å². The predicted molar refractivity (Wildman–Crippen MR) is 102 cm³/mol. The van der Waals surface area contributed by atoms with Crippen LogP contribution in [0, 0.1) is 0 Å². The zero-order chi connectivity index (χ0) is 19.0. The number of carbonyl (C=O) groups excluding carboxylic acids is 2. The van der Waals surface area contributed by atoms with Crippen molar-refractivity contribution < 1.29 is 14.3 Å². The smallest absolute Gasteiger partial charge is 0.254 e. The molecule has 2 saturated heterocycles. The number of benzene rings is 1. The van der Waals surface area contributed by atoms with Gasteiger partial charge in [0.15, 0.2) is 0 Å². The highest BCUT2D eigenvalue weighted by Crippen LogP contribution is 2.24. The first-order valence-electron chi connectivity index (χ1n) is 9.48. The van der Waals surface area contributed by atoms with E-state index in [0.717, 1.165) is 30.1 Å². The zero-order valence-electron chi connectivity index (χ0n) is 15.8. The second kappa shape index (κ2) is 7.19. The van der Waals surface area contributed by atoms with Gasteiger partial charge in [-0.15, -0.1) is 0 Å². The van der Waals surface area contributed by atoms with Crippen LogP contribution in [0.15, 0.2) is 18.2 Å². The molecule has 2 aromatic rings. The lowest BCUT2D eigenvalue weighted by Gasteiger charge is -2.34. The van der Waals surface area contributed by atoms with Crippen molar-refractivity contribution in [1.82, 2.24) is 19.8 Å². The Morgan fingerprint density at radius 3 is 2.81 bits per heavy atom. The van der Waals surface area contributed by atoms with Gasteiger partial charge in [0, 0.05) is 38.8 Å². The van der Waals surface area contributed by atoms with Crippen LogP contribution in [0.5, 0.6) is 0 Å². The van der Waals surface area contributed by atoms with Crippen molar-refractivity contribution >= 4 is 28.8 Å². The molecule has 0 aliphatic carbocycles. The van der Waals surface area contributed by atoms with Crippen LogP contribution in [0.3, 0.4) is 0 Å². The van der Waals surface area contributed by atoms with Crippen LogP contribution in [0.1, 0.15) is 23.7 Å². The van der Waals surface area contributed by atoms with Gasteiger partial charge in [-0.3, -0.25) is 9.59 Å². The SMILES string of the molecule is CCC1C(=O)NCCN1C(=O)c1ccc2c(c1)nc(N1CCOCC1)n2C. The molecule has 2 amide bonds. The van der Waals surface area contributed by atoms with E-state index < -0.39 is 6.04 Å². The number of hydrogen-bond donors (Lipinski definition) is 1. The van der Waals surface area contributed by atoms with Crippen molar-refractivity contribution in [3.63, 3.8) is 0 Å². The monoisotopic (exact) mass is 371 g/mol. The summed E-state index contributed by atoms with van der Waals surface area (Å²) in [6, 6.07) is 5.19. The van der Waals surface area contributed by atoms with E-state index in [1.54, 1.807) is 4.90 Å². The first-order chi connectivity index (χ1) is 13.1. The summed E-state index contributed by atoms with van der Waals surface area (Å²) in [7, 11) is 1.99. The van der Waals surface area contributed by atoms with Gasteiger partial charge in [0.2, 0.25) is 11.9 Å². The van der Waals surface area contributed by atoms with Gasteiger partial charge >= 0.3 is 0 Å². The summed E-state index contributed by atoms with van der Waals surface area (Å²) >= 11 is 0. The molecule has 2 fully saturated rings. The minimum absolute atomic E-state index is 0.0781. The van der Waals surface area contributed by atoms with E-state index in [1.165, 1.54) is 0 Å². The van der Waals surface area contributed by atoms with Crippen LogP contribution in [0.4, 0.5) is 5.95 Å². The number of fused-ring (bicyclic) bond motifs is 1. The minimum atomic E-state index is -0.408. The molecule has 1 unspecified atom stereocenters. The third-order valence-electron chi connectivity index (χ3n) is 5.38. The van der Waals surface area contributed by atoms with E-state index in [1.807, 2.05) is 32.2 Å². The van der Waals surface area contributed by atoms with Gasteiger partial charge < -0.3 is 24.4 Å². The number of hydrogen-bond acceptors (Lipinski definition) is 5. The van der Waals surface area contributed by atoms with Crippen LogP contribution < -0.4 is 10.2 Å². The van der Waals surface area contributed by atoms with Crippen molar-refractivity contribution in [2.24, 2.45) is 7.05 Å². The van der Waals surface area contributed by atoms with Crippen LogP contribution >= 0.6 is 0 Å². The maximum Gasteiger partial charge on any atom is 0.254 e. The second-order valence-corrected chi connectivity index (χ2v) is 6.99. The molecule has 2 aliphatic heterocycles. The van der Waals surface area contributed by atoms with Crippen molar-refractivity contribution in [1.29, 1.82) is 0 Å². The molecule has 1 aromatic carbocycles. The number of aromatic nitrogens is 2. The fourth-order valence-electron chi connectivity index (χ4n) is 3.90. The van der Waals surface area contributed by atoms with Crippen LogP contribution in [-0.4, -0.2) is 71.7 Å². The fraction of sp³-hybridized carbons (Fsp3) is 0.526. The molecule has 8 heteroatoms. The third-order valence-corrected chi connectivity index (χ3v) is 5.38. The Hall–Kier alpha value is -2.61. The molecule has 0 spiro atoms. The molecule has 0 radical (unpaired) electrons. The van der Waals surface area contributed by atoms with E-state index in [2.05, 4.69) is 14.8 Å². The molecule has 8 nitrogen and oxygen atoms in total. The van der Waals surface area contributed by atoms with Gasteiger partial charge in [0.1, 0.15) is 6.04 Å². The Morgan fingerprint density at radius 2 is 2.07 bits per heavy atom. The highest BCUT2D eigenvalue weighted by Gasteiger charge is 2.32. The summed E-state index contributed by atoms with van der Waals surface area (Å²) in [6.45, 7) is 5.96. The molecule has 4 rings (SSSR count). The van der Waals surface area contributed by atoms with Crippen LogP contribution in [-0.2, 0) is 16.6 Å². The number of aryl methyl sites for hydroxylation is 1. The number of ether oxygens (including phenoxy) is 1. The molecular weight excluding hydrogens is 346 g/mol. The molecule has 27 heavy (non-hydrogen) atoms. The number of imidazole rings is 1. The molecule has 1 aromatic heterocycles. The molecule has 0 bridgehead atoms. The lowest BCUT2D eigenvalue weighted by molar-refractivity contribution is -0.127. The summed E-state index contributed by atoms with van der Waals surface area (Å²) in [5, 5.41) is 2.83. The number of amides is 2. The normalized spacial score (nSPS) is 20.8. The molecule has 2 aliphatic rings. The van der Waals surface area contributed by atoms with Crippen molar-refractivity contribution in [2.75, 3.05) is 44.3 Å². The average molecular weight is 371 g/mol. The van der Waals surface area contributed by atoms with E-state index in [9.17, 15) is 9.59 Å². The number of nitrogens with one attached hydrogen (secondary N) is 1. The van der Waals surface area contributed by atoms with Gasteiger partial charge in [-0.2, -0.15) is 0 Å². The third kappa shape index (κ3) is 3.14. The Balaban J connectivity index is 1.64. The summed E-state index contributed by atoms with van der Waals surface area (Å²) in [6.07, 6.45) is 0.602. The number of anilines is 1. The fourth-order valence-corrected chi connectivity index (χ4v) is 3.90. The average Bonchev–Trinajstić information content (AvgIpc) is 3.04. The maximum absolute atomic E-state index is 13.0. The first kappa shape index (κ1) is 17.8. The van der Waals surface area contributed by atoms with Crippen molar-refractivity contribution in [3.8, 4) is 0 Å². The van der Waals surface area contributed by atoms with Gasteiger partial charge in [-0.05, 0) is 24.6 Å². The van der Waals surface area contributed by atoms with Crippen LogP contribution in [0.25, 0.3) is 11.0 Å². The predicted octanol–water partition coefficient (Wildman–Crippen LogP) is 0.761. The van der Waals surface area contributed by atoms with E-state index in [4.69, 9.17) is 9.72 Å². The summed E-state index contributed by atoms with van der Waals surface area (Å²) < 4.78 is 7.47. The Kier molecular flexibility index (Phi) is 4.73. The lowest BCUT2D eigenvalue weighted by atomic mass is 10.1. The highest BCUT2D eigenvalue weighted by atomic mass is 16.5. The minimum Gasteiger partial charge on any atom is -0.378 e. The Morgan fingerprint density at radius 1 is 1.30 bits per heavy atom. The highest BCUT2D eigenvalue weighted by molar-refractivity contribution is 6.00. The second-order valence-electron chi connectivity index (χ2n) is 6.99. The number of nitrogens with zero attached hydrogens (tertiary/aromatic N) is 4. The molecular formula is C19H25N5O3. The van der Waals surface area contributed by atoms with Crippen LogP contribution in [0.2, 0.25) is 0 Å². The van der Waals surface area contributed by atoms with E-state index in [-0.39, 0.29) is 11.8 Å². The molecule has 1 atom stereocenters. The van der Waals surface area contributed by atoms with Gasteiger partial charge in [0.05, 0.1) is 24.2 Å². The number of piperazine rings is 1. The molecule has 3 heterocycles. The Bertz CT molecular complexity index is 872. The topological polar surface area (TPSA) is 79.7 Å². The van der Waals surface area contributed by atoms with Crippen molar-refractivity contribution in [2.45, 2.75) is 19.4 Å². The van der Waals surface area contributed by atoms with Crippen molar-refractivity contribution in [3.05, 3.63) is 23.8 Å². The molecule has 0 saturated carbocycles. The molecule has 144 valence electrons. The summed E-state index contributed by atoms with van der Waals surface area (Å²) in [5.41, 5.74) is 2.35. The van der Waals surface area contributed by atoms with Gasteiger partial charge in [0.25, 0.3) is 5.91 Å². The standard InChI is InChI=1S/C19H25N5O3/c1-3-15-17(25)20-6-7-24(15)18(26)13-4-5-16-14(12-13)21-19(22(16)2)23-8-10-27-11-9-23/h4-5,12,15H,3,6-11H2,1-2H3,(H,20,25). The number of carbonyl (C=O) groups is 2. The lowest BCUT2D eigenvalue weighted by Crippen LogP contribution is -2.56. The largest absolute Gasteiger partial charge is 0.378 e. The van der Waals surface area contributed by atoms with E-state index in [0.29, 0.717) is 38.3 Å². The summed E-state index contributed by atoms with van der Waals surface area (Å²) in [5.74, 6) is 0.699. The van der Waals surface area contributed by atoms with Gasteiger partial charge in [-0.1, -0.05) is 6.92 Å². The number of rotatable bonds is 3. The quantitative estimate of drug-likeness (QED) is 0.862. The molecule has 1 N–H and O–H groups in total.